The van der Waals surface area contributed by atoms with Crippen LogP contribution in [0.2, 0.25) is 0 Å². The van der Waals surface area contributed by atoms with Crippen LogP contribution in [0.3, 0.4) is 0 Å². The van der Waals surface area contributed by atoms with Crippen LogP contribution in [-0.2, 0) is 11.4 Å². The van der Waals surface area contributed by atoms with Gasteiger partial charge in [0.15, 0.2) is 0 Å². The van der Waals surface area contributed by atoms with Crippen LogP contribution in [0.4, 0.5) is 0 Å². The van der Waals surface area contributed by atoms with Crippen molar-refractivity contribution in [3.05, 3.63) is 95.6 Å². The van der Waals surface area contributed by atoms with Crippen LogP contribution in [0.25, 0.3) is 0 Å². The molecule has 164 valence electrons. The Morgan fingerprint density at radius 1 is 0.875 bits per heavy atom. The molecule has 2 N–H and O–H groups in total. The first-order chi connectivity index (χ1) is 15.6. The number of benzene rings is 3. The molecule has 3 aromatic carbocycles. The zero-order chi connectivity index (χ0) is 22.6. The number of nitrogens with zero attached hydrogens (tertiary/aromatic N) is 1. The van der Waals surface area contributed by atoms with E-state index >= 15 is 0 Å². The van der Waals surface area contributed by atoms with Gasteiger partial charge < -0.3 is 14.8 Å². The van der Waals surface area contributed by atoms with Gasteiger partial charge in [0.2, 0.25) is 0 Å². The fourth-order valence-corrected chi connectivity index (χ4v) is 2.74. The topological polar surface area (TPSA) is 89.0 Å². The third-order valence-electron chi connectivity index (χ3n) is 4.37. The first-order valence-electron chi connectivity index (χ1n) is 10.2. The monoisotopic (exact) mass is 431 g/mol. The van der Waals surface area contributed by atoms with Crippen LogP contribution in [-0.4, -0.2) is 31.2 Å². The normalized spacial score (nSPS) is 10.5. The molecule has 3 aromatic rings. The van der Waals surface area contributed by atoms with Gasteiger partial charge in [-0.3, -0.25) is 9.59 Å². The first-order valence-corrected chi connectivity index (χ1v) is 10.2. The second-order valence-corrected chi connectivity index (χ2v) is 6.78. The molecule has 32 heavy (non-hydrogen) atoms. The molecule has 2 amide bonds. The largest absolute Gasteiger partial charge is 0.494 e. The molecule has 0 heterocycles. The van der Waals surface area contributed by atoms with Crippen molar-refractivity contribution in [2.45, 2.75) is 13.5 Å². The first kappa shape index (κ1) is 22.6. The van der Waals surface area contributed by atoms with Crippen molar-refractivity contribution < 1.29 is 19.1 Å². The number of nitrogens with one attached hydrogen (secondary N) is 2. The minimum Gasteiger partial charge on any atom is -0.494 e. The average Bonchev–Trinajstić information content (AvgIpc) is 2.83. The van der Waals surface area contributed by atoms with Crippen molar-refractivity contribution in [3.63, 3.8) is 0 Å². The molecule has 0 radical (unpaired) electrons. The highest BCUT2D eigenvalue weighted by atomic mass is 16.5. The van der Waals surface area contributed by atoms with Crippen molar-refractivity contribution in [3.8, 4) is 11.5 Å². The lowest BCUT2D eigenvalue weighted by molar-refractivity contribution is -0.120. The highest BCUT2D eigenvalue weighted by Gasteiger charge is 2.07. The molecule has 0 spiro atoms. The van der Waals surface area contributed by atoms with Crippen LogP contribution in [0.1, 0.15) is 28.4 Å². The van der Waals surface area contributed by atoms with Crippen LogP contribution < -0.4 is 20.2 Å². The minimum absolute atomic E-state index is 0.185. The number of carbonyl (C=O) groups excluding carboxylic acids is 2. The summed E-state index contributed by atoms with van der Waals surface area (Å²) < 4.78 is 11.1. The third kappa shape index (κ3) is 7.28. The van der Waals surface area contributed by atoms with Gasteiger partial charge in [-0.05, 0) is 66.6 Å². The smallest absolute Gasteiger partial charge is 0.259 e. The number of amides is 2. The standard InChI is InChI=1S/C25H25N3O4/c1-2-31-22-14-10-21(11-15-22)25(30)26-17-24(29)28-27-16-19-8-12-23(13-9-19)32-18-20-6-4-3-5-7-20/h3-16H,2,17-18H2,1H3,(H,26,30)(H,28,29). The van der Waals surface area contributed by atoms with Crippen molar-refractivity contribution >= 4 is 18.0 Å². The van der Waals surface area contributed by atoms with Crippen LogP contribution >= 0.6 is 0 Å². The Labute approximate surface area is 187 Å². The Bertz CT molecular complexity index is 1030. The molecule has 0 atom stereocenters. The summed E-state index contributed by atoms with van der Waals surface area (Å²) >= 11 is 0. The molecule has 0 unspecified atom stereocenters. The molecule has 0 saturated heterocycles. The summed E-state index contributed by atoms with van der Waals surface area (Å²) in [6, 6.07) is 24.0. The Morgan fingerprint density at radius 3 is 2.22 bits per heavy atom. The number of ether oxygens (including phenoxy) is 2. The third-order valence-corrected chi connectivity index (χ3v) is 4.37. The van der Waals surface area contributed by atoms with E-state index < -0.39 is 5.91 Å². The molecule has 7 heteroatoms. The zero-order valence-electron chi connectivity index (χ0n) is 17.8. The predicted octanol–water partition coefficient (Wildman–Crippen LogP) is 3.54. The average molecular weight is 431 g/mol. The van der Waals surface area contributed by atoms with Gasteiger partial charge in [0.25, 0.3) is 11.8 Å². The molecule has 0 fully saturated rings. The highest BCUT2D eigenvalue weighted by Crippen LogP contribution is 2.14. The Hall–Kier alpha value is -4.13. The van der Waals surface area contributed by atoms with Crippen molar-refractivity contribution in [1.82, 2.24) is 10.7 Å². The van der Waals surface area contributed by atoms with Gasteiger partial charge in [-0.2, -0.15) is 5.10 Å². The summed E-state index contributed by atoms with van der Waals surface area (Å²) in [7, 11) is 0. The lowest BCUT2D eigenvalue weighted by Crippen LogP contribution is -2.34. The number of hydrogen-bond donors (Lipinski definition) is 2. The maximum atomic E-state index is 12.1. The van der Waals surface area contributed by atoms with E-state index in [2.05, 4.69) is 15.8 Å². The lowest BCUT2D eigenvalue weighted by atomic mass is 10.2. The zero-order valence-corrected chi connectivity index (χ0v) is 17.8. The summed E-state index contributed by atoms with van der Waals surface area (Å²) in [6.07, 6.45) is 1.52. The number of hydrogen-bond acceptors (Lipinski definition) is 5. The molecule has 0 saturated carbocycles. The summed E-state index contributed by atoms with van der Waals surface area (Å²) in [4.78, 5) is 24.0. The highest BCUT2D eigenvalue weighted by molar-refractivity contribution is 5.96. The summed E-state index contributed by atoms with van der Waals surface area (Å²) in [5.74, 6) is 0.653. The molecule has 7 nitrogen and oxygen atoms in total. The van der Waals surface area contributed by atoms with Crippen LogP contribution in [0.15, 0.2) is 84.0 Å². The van der Waals surface area contributed by atoms with Crippen molar-refractivity contribution in [2.75, 3.05) is 13.2 Å². The lowest BCUT2D eigenvalue weighted by Gasteiger charge is -2.06. The number of hydrazone groups is 1. The maximum Gasteiger partial charge on any atom is 0.259 e. The minimum atomic E-state index is -0.427. The van der Waals surface area contributed by atoms with Gasteiger partial charge in [0.1, 0.15) is 18.1 Å². The van der Waals surface area contributed by atoms with E-state index in [1.54, 1.807) is 24.3 Å². The summed E-state index contributed by atoms with van der Waals surface area (Å²) in [5, 5.41) is 6.47. The molecular formula is C25H25N3O4. The summed E-state index contributed by atoms with van der Waals surface area (Å²) in [5.41, 5.74) is 4.73. The van der Waals surface area contributed by atoms with Gasteiger partial charge in [-0.15, -0.1) is 0 Å². The van der Waals surface area contributed by atoms with E-state index in [1.807, 2.05) is 61.5 Å². The van der Waals surface area contributed by atoms with Crippen LogP contribution in [0, 0.1) is 0 Å². The van der Waals surface area contributed by atoms with Crippen molar-refractivity contribution in [1.29, 1.82) is 0 Å². The van der Waals surface area contributed by atoms with Gasteiger partial charge >= 0.3 is 0 Å². The molecule has 0 aliphatic rings. The molecule has 0 aliphatic carbocycles. The van der Waals surface area contributed by atoms with Gasteiger partial charge in [0, 0.05) is 5.56 Å². The van der Waals surface area contributed by atoms with Gasteiger partial charge in [0.05, 0.1) is 19.4 Å². The fraction of sp³-hybridized carbons (Fsp3) is 0.160. The van der Waals surface area contributed by atoms with Crippen molar-refractivity contribution in [2.24, 2.45) is 5.10 Å². The van der Waals surface area contributed by atoms with E-state index in [0.29, 0.717) is 24.5 Å². The van der Waals surface area contributed by atoms with E-state index in [9.17, 15) is 9.59 Å². The molecule has 0 aromatic heterocycles. The maximum absolute atomic E-state index is 12.1. The fourth-order valence-electron chi connectivity index (χ4n) is 2.74. The van der Waals surface area contributed by atoms with E-state index in [4.69, 9.17) is 9.47 Å². The van der Waals surface area contributed by atoms with E-state index in [0.717, 1.165) is 16.9 Å². The second kappa shape index (κ2) is 11.9. The number of carbonyl (C=O) groups is 2. The number of rotatable bonds is 10. The molecule has 0 bridgehead atoms. The van der Waals surface area contributed by atoms with Gasteiger partial charge in [-0.1, -0.05) is 30.3 Å². The Morgan fingerprint density at radius 2 is 1.53 bits per heavy atom. The molecule has 0 aliphatic heterocycles. The SMILES string of the molecule is CCOc1ccc(C(=O)NCC(=O)NN=Cc2ccc(OCc3ccccc3)cc2)cc1. The quantitative estimate of drug-likeness (QED) is 0.380. The van der Waals surface area contributed by atoms with E-state index in [-0.39, 0.29) is 12.5 Å². The Kier molecular flexibility index (Phi) is 8.39. The molecule has 3 rings (SSSR count). The molecular weight excluding hydrogens is 406 g/mol. The Balaban J connectivity index is 1.39. The predicted molar refractivity (Wildman–Crippen MR) is 123 cm³/mol. The van der Waals surface area contributed by atoms with E-state index in [1.165, 1.54) is 6.21 Å². The van der Waals surface area contributed by atoms with Gasteiger partial charge in [-0.25, -0.2) is 5.43 Å². The second-order valence-electron chi connectivity index (χ2n) is 6.78. The summed E-state index contributed by atoms with van der Waals surface area (Å²) in [6.45, 7) is 2.75. The van der Waals surface area contributed by atoms with Crippen LogP contribution in [0.5, 0.6) is 11.5 Å².